The van der Waals surface area contributed by atoms with Crippen molar-refractivity contribution >= 4 is 17.1 Å². The first-order valence-corrected chi connectivity index (χ1v) is 9.54. The second kappa shape index (κ2) is 8.17. The van der Waals surface area contributed by atoms with Crippen molar-refractivity contribution in [2.75, 3.05) is 32.8 Å². The van der Waals surface area contributed by atoms with E-state index in [2.05, 4.69) is 16.3 Å². The van der Waals surface area contributed by atoms with E-state index in [1.165, 1.54) is 0 Å². The number of imidazole rings is 1. The molecule has 1 atom stereocenters. The number of carbonyl (C=O) groups excluding carboxylic acids is 1. The van der Waals surface area contributed by atoms with Crippen LogP contribution in [0.1, 0.15) is 20.8 Å². The minimum Gasteiger partial charge on any atom is -0.379 e. The number of ether oxygens (including phenoxy) is 1. The van der Waals surface area contributed by atoms with E-state index in [-0.39, 0.29) is 0 Å². The highest BCUT2D eigenvalue weighted by Crippen LogP contribution is 2.19. The molecule has 1 N–H and O–H groups in total. The fourth-order valence-electron chi connectivity index (χ4n) is 3.32. The second-order valence-corrected chi connectivity index (χ2v) is 8.09. The predicted octanol–water partition coefficient (Wildman–Crippen LogP) is 1.63. The summed E-state index contributed by atoms with van der Waals surface area (Å²) < 4.78 is 8.12. The van der Waals surface area contributed by atoms with Gasteiger partial charge in [0.25, 0.3) is 0 Å². The smallest absolute Gasteiger partial charge is 0.337 e. The molecule has 28 heavy (non-hydrogen) atoms. The Hall–Kier alpha value is -2.63. The van der Waals surface area contributed by atoms with Crippen LogP contribution in [0.4, 0.5) is 4.79 Å². The molecule has 2 aromatic rings. The Kier molecular flexibility index (Phi) is 5.87. The van der Waals surface area contributed by atoms with E-state index in [1.54, 1.807) is 16.7 Å². The Morgan fingerprint density at radius 1 is 1.21 bits per heavy atom. The zero-order valence-corrected chi connectivity index (χ0v) is 16.6. The molecule has 1 aliphatic heterocycles. The molecule has 1 aliphatic rings. The number of nitrogens with one attached hydrogen (secondary N) is 1. The number of nitriles is 1. The zero-order chi connectivity index (χ0) is 20.3. The SMILES string of the molecule is CC(C)(C)[C@@H](C#N)NC(=O)n1c(=O)n(CCN2CCOCC2)c2ccccc21. The van der Waals surface area contributed by atoms with Gasteiger partial charge in [-0.3, -0.25) is 9.47 Å². The van der Waals surface area contributed by atoms with Gasteiger partial charge < -0.3 is 10.1 Å². The maximum absolute atomic E-state index is 13.1. The van der Waals surface area contributed by atoms with Crippen molar-refractivity contribution in [2.24, 2.45) is 5.41 Å². The quantitative estimate of drug-likeness (QED) is 0.864. The summed E-state index contributed by atoms with van der Waals surface area (Å²) in [4.78, 5) is 28.2. The summed E-state index contributed by atoms with van der Waals surface area (Å²) in [6.45, 7) is 9.87. The van der Waals surface area contributed by atoms with E-state index in [0.29, 0.717) is 37.3 Å². The maximum atomic E-state index is 13.1. The summed E-state index contributed by atoms with van der Waals surface area (Å²) in [6, 6.07) is 8.06. The van der Waals surface area contributed by atoms with Gasteiger partial charge in [-0.05, 0) is 17.5 Å². The van der Waals surface area contributed by atoms with Crippen LogP contribution in [0.5, 0.6) is 0 Å². The largest absolute Gasteiger partial charge is 0.379 e. The summed E-state index contributed by atoms with van der Waals surface area (Å²) in [5.74, 6) is 0. The third kappa shape index (κ3) is 4.11. The lowest BCUT2D eigenvalue weighted by Crippen LogP contribution is -2.47. The number of aromatic nitrogens is 2. The molecule has 1 aromatic heterocycles. The molecule has 150 valence electrons. The molecule has 3 rings (SSSR count). The minimum atomic E-state index is -0.706. The molecular weight excluding hydrogens is 358 g/mol. The summed E-state index contributed by atoms with van der Waals surface area (Å²) in [7, 11) is 0. The number of fused-ring (bicyclic) bond motifs is 1. The molecule has 1 aromatic carbocycles. The number of hydrogen-bond donors (Lipinski definition) is 1. The maximum Gasteiger partial charge on any atom is 0.337 e. The highest BCUT2D eigenvalue weighted by atomic mass is 16.5. The summed E-state index contributed by atoms with van der Waals surface area (Å²) in [5, 5.41) is 12.1. The number of amides is 1. The monoisotopic (exact) mass is 385 g/mol. The first kappa shape index (κ1) is 20.1. The molecule has 1 amide bonds. The van der Waals surface area contributed by atoms with Crippen molar-refractivity contribution in [1.82, 2.24) is 19.4 Å². The highest BCUT2D eigenvalue weighted by Gasteiger charge is 2.28. The van der Waals surface area contributed by atoms with E-state index in [4.69, 9.17) is 4.74 Å². The van der Waals surface area contributed by atoms with Crippen LogP contribution in [0.3, 0.4) is 0 Å². The topological polar surface area (TPSA) is 92.3 Å². The second-order valence-electron chi connectivity index (χ2n) is 8.09. The van der Waals surface area contributed by atoms with Gasteiger partial charge in [-0.15, -0.1) is 0 Å². The van der Waals surface area contributed by atoms with E-state index in [9.17, 15) is 14.9 Å². The van der Waals surface area contributed by atoms with Crippen LogP contribution in [0.25, 0.3) is 11.0 Å². The van der Waals surface area contributed by atoms with E-state index in [1.807, 2.05) is 32.9 Å². The molecule has 0 bridgehead atoms. The number of morpholine rings is 1. The van der Waals surface area contributed by atoms with Gasteiger partial charge in [0, 0.05) is 26.2 Å². The Balaban J connectivity index is 1.90. The lowest BCUT2D eigenvalue weighted by molar-refractivity contribution is 0.0364. The third-order valence-electron chi connectivity index (χ3n) is 5.05. The van der Waals surface area contributed by atoms with Crippen molar-refractivity contribution in [3.8, 4) is 6.07 Å². The van der Waals surface area contributed by atoms with Crippen LogP contribution in [0.15, 0.2) is 29.1 Å². The molecule has 0 spiro atoms. The lowest BCUT2D eigenvalue weighted by Gasteiger charge is -2.26. The van der Waals surface area contributed by atoms with Crippen LogP contribution in [0.2, 0.25) is 0 Å². The predicted molar refractivity (Wildman–Crippen MR) is 106 cm³/mol. The third-order valence-corrected chi connectivity index (χ3v) is 5.05. The first-order valence-electron chi connectivity index (χ1n) is 9.54. The molecule has 8 heteroatoms. The molecule has 0 radical (unpaired) electrons. The van der Waals surface area contributed by atoms with Crippen LogP contribution in [0, 0.1) is 16.7 Å². The minimum absolute atomic E-state index is 0.391. The Morgan fingerprint density at radius 2 is 1.86 bits per heavy atom. The molecule has 0 aliphatic carbocycles. The van der Waals surface area contributed by atoms with Gasteiger partial charge in [-0.2, -0.15) is 5.26 Å². The normalized spacial score (nSPS) is 16.6. The van der Waals surface area contributed by atoms with Crippen molar-refractivity contribution < 1.29 is 9.53 Å². The van der Waals surface area contributed by atoms with Gasteiger partial charge in [-0.25, -0.2) is 14.2 Å². The molecule has 8 nitrogen and oxygen atoms in total. The number of rotatable bonds is 4. The van der Waals surface area contributed by atoms with E-state index < -0.39 is 23.2 Å². The number of carbonyl (C=O) groups is 1. The molecule has 0 unspecified atom stereocenters. The number of hydrogen-bond acceptors (Lipinski definition) is 5. The molecule has 0 saturated carbocycles. The average Bonchev–Trinajstić information content (AvgIpc) is 2.95. The van der Waals surface area contributed by atoms with Crippen LogP contribution in [-0.4, -0.2) is 59.0 Å². The molecule has 1 fully saturated rings. The van der Waals surface area contributed by atoms with Crippen molar-refractivity contribution in [3.63, 3.8) is 0 Å². The van der Waals surface area contributed by atoms with Crippen LogP contribution >= 0.6 is 0 Å². The van der Waals surface area contributed by atoms with Crippen molar-refractivity contribution in [1.29, 1.82) is 5.26 Å². The summed E-state index contributed by atoms with van der Waals surface area (Å²) in [5.41, 5.74) is 0.415. The van der Waals surface area contributed by atoms with Crippen molar-refractivity contribution in [2.45, 2.75) is 33.4 Å². The Bertz CT molecular complexity index is 941. The molecular formula is C20H27N5O3. The van der Waals surface area contributed by atoms with E-state index >= 15 is 0 Å². The van der Waals surface area contributed by atoms with Gasteiger partial charge >= 0.3 is 11.7 Å². The zero-order valence-electron chi connectivity index (χ0n) is 16.6. The van der Waals surface area contributed by atoms with Gasteiger partial charge in [0.1, 0.15) is 6.04 Å². The van der Waals surface area contributed by atoms with Gasteiger partial charge in [0.05, 0.1) is 30.3 Å². The number of nitrogens with zero attached hydrogens (tertiary/aromatic N) is 4. The van der Waals surface area contributed by atoms with Gasteiger partial charge in [0.15, 0.2) is 0 Å². The Morgan fingerprint density at radius 3 is 2.46 bits per heavy atom. The number of benzene rings is 1. The molecule has 1 saturated heterocycles. The lowest BCUT2D eigenvalue weighted by atomic mass is 9.88. The van der Waals surface area contributed by atoms with Gasteiger partial charge in [-0.1, -0.05) is 32.9 Å². The Labute approximate surface area is 164 Å². The summed E-state index contributed by atoms with van der Waals surface area (Å²) >= 11 is 0. The van der Waals surface area contributed by atoms with Crippen molar-refractivity contribution in [3.05, 3.63) is 34.7 Å². The standard InChI is InChI=1S/C20H27N5O3/c1-20(2,3)17(14-21)22-18(26)25-16-7-5-4-6-15(16)24(19(25)27)9-8-23-10-12-28-13-11-23/h4-7,17H,8-13H2,1-3H3,(H,22,26)/t17-/m1/s1. The first-order chi connectivity index (χ1) is 13.3. The number of para-hydroxylation sites is 2. The fourth-order valence-corrected chi connectivity index (χ4v) is 3.32. The fraction of sp³-hybridized carbons (Fsp3) is 0.550. The van der Waals surface area contributed by atoms with Gasteiger partial charge in [0.2, 0.25) is 0 Å². The van der Waals surface area contributed by atoms with E-state index in [0.717, 1.165) is 17.7 Å². The highest BCUT2D eigenvalue weighted by molar-refractivity contribution is 5.89. The average molecular weight is 385 g/mol. The van der Waals surface area contributed by atoms with Crippen LogP contribution < -0.4 is 11.0 Å². The van der Waals surface area contributed by atoms with Crippen LogP contribution in [-0.2, 0) is 11.3 Å². The molecule has 2 heterocycles. The summed E-state index contributed by atoms with van der Waals surface area (Å²) in [6.07, 6.45) is 0.